The highest BCUT2D eigenvalue weighted by atomic mass is 16.5. The standard InChI is InChI=1S/C11H20O2.C8H14O2.C7H12O2.C5H8O2.2C4H6O2.C3H4O2/c1-4-7-8-10(5-2)9-13-11(12)6-3;1-4-5-6-10-8(9)7(2)3;1-3-5-6-9-7(8)4-2;1-4(2)5(6)7-3;1-3-4(5)6-2;1-3(2)4(5)6;1-2-3(4)5/h6,10H,3-5,7-9H2,1-2H3;2,4-6H2,1,3H3;4H,2-3,5-6H2,1H3;1H2,2-3H3;3H,1H2,2H3;1H2,2H3,(H,5,6);2H,1H2,(H,4,5). The van der Waals surface area contributed by atoms with Crippen molar-refractivity contribution in [1.82, 2.24) is 0 Å². The van der Waals surface area contributed by atoms with Gasteiger partial charge in [-0.1, -0.05) is 106 Å². The number of ether oxygens (including phenoxy) is 5. The van der Waals surface area contributed by atoms with E-state index in [0.717, 1.165) is 50.7 Å². The molecule has 14 nitrogen and oxygen atoms in total. The van der Waals surface area contributed by atoms with Crippen LogP contribution in [0.1, 0.15) is 99.8 Å². The Kier molecular flexibility index (Phi) is 60.2. The van der Waals surface area contributed by atoms with Crippen LogP contribution in [0, 0.1) is 5.92 Å². The van der Waals surface area contributed by atoms with Crippen molar-refractivity contribution < 1.29 is 67.5 Å². The maximum absolute atomic E-state index is 10.8. The van der Waals surface area contributed by atoms with E-state index in [1.54, 1.807) is 13.8 Å². The topological polar surface area (TPSA) is 206 Å². The maximum Gasteiger partial charge on any atom is 0.333 e. The molecular formula is C42H70O14. The molecule has 1 atom stereocenters. The number of esters is 5. The summed E-state index contributed by atoms with van der Waals surface area (Å²) in [5.74, 6) is -3.06. The van der Waals surface area contributed by atoms with Crippen molar-refractivity contribution in [2.24, 2.45) is 5.92 Å². The lowest BCUT2D eigenvalue weighted by Crippen LogP contribution is -2.12. The molecule has 0 aromatic carbocycles. The molecule has 0 aliphatic heterocycles. The summed E-state index contributed by atoms with van der Waals surface area (Å²) in [5.41, 5.74) is 1.08. The predicted octanol–water partition coefficient (Wildman–Crippen LogP) is 8.34. The molecule has 0 saturated heterocycles. The van der Waals surface area contributed by atoms with Crippen molar-refractivity contribution in [2.45, 2.75) is 99.8 Å². The quantitative estimate of drug-likeness (QED) is 0.0545. The van der Waals surface area contributed by atoms with Crippen LogP contribution in [0.3, 0.4) is 0 Å². The van der Waals surface area contributed by atoms with E-state index >= 15 is 0 Å². The van der Waals surface area contributed by atoms with Crippen LogP contribution < -0.4 is 0 Å². The van der Waals surface area contributed by atoms with Gasteiger partial charge >= 0.3 is 41.8 Å². The Morgan fingerprint density at radius 1 is 0.554 bits per heavy atom. The molecule has 0 saturated carbocycles. The first-order chi connectivity index (χ1) is 26.1. The zero-order valence-electron chi connectivity index (χ0n) is 35.4. The lowest BCUT2D eigenvalue weighted by Gasteiger charge is -2.13. The minimum atomic E-state index is -0.981. The molecule has 14 heteroatoms. The van der Waals surface area contributed by atoms with Gasteiger partial charge in [-0.25, -0.2) is 33.6 Å². The van der Waals surface area contributed by atoms with Gasteiger partial charge < -0.3 is 33.9 Å². The fraction of sp³-hybridized carbons (Fsp3) is 0.500. The predicted molar refractivity (Wildman–Crippen MR) is 221 cm³/mol. The Hall–Kier alpha value is -5.53. The van der Waals surface area contributed by atoms with Gasteiger partial charge in [0.2, 0.25) is 0 Å². The Morgan fingerprint density at radius 3 is 1.16 bits per heavy atom. The average Bonchev–Trinajstić information content (AvgIpc) is 3.18. The minimum absolute atomic E-state index is 0.176. The van der Waals surface area contributed by atoms with Gasteiger partial charge in [0.25, 0.3) is 0 Å². The molecule has 0 aliphatic carbocycles. The number of carboxylic acid groups (broad SMARTS) is 2. The van der Waals surface area contributed by atoms with E-state index in [2.05, 4.69) is 81.0 Å². The molecule has 0 heterocycles. The minimum Gasteiger partial charge on any atom is -0.478 e. The van der Waals surface area contributed by atoms with Gasteiger partial charge in [0, 0.05) is 41.0 Å². The molecule has 0 fully saturated rings. The average molecular weight is 799 g/mol. The first kappa shape index (κ1) is 65.4. The second-order valence-electron chi connectivity index (χ2n) is 10.9. The summed E-state index contributed by atoms with van der Waals surface area (Å²) in [5, 5.41) is 15.5. The van der Waals surface area contributed by atoms with E-state index in [4.69, 9.17) is 19.7 Å². The van der Waals surface area contributed by atoms with Crippen LogP contribution in [0.15, 0.2) is 87.1 Å². The summed E-state index contributed by atoms with van der Waals surface area (Å²) in [7, 11) is 2.64. The van der Waals surface area contributed by atoms with E-state index in [0.29, 0.717) is 36.9 Å². The first-order valence-corrected chi connectivity index (χ1v) is 17.7. The van der Waals surface area contributed by atoms with E-state index in [-0.39, 0.29) is 29.5 Å². The highest BCUT2D eigenvalue weighted by Crippen LogP contribution is 2.12. The largest absolute Gasteiger partial charge is 0.478 e. The number of carbonyl (C=O) groups is 7. The molecule has 1 unspecified atom stereocenters. The molecule has 0 aromatic rings. The van der Waals surface area contributed by atoms with Crippen LogP contribution in [0.25, 0.3) is 0 Å². The van der Waals surface area contributed by atoms with E-state index in [1.807, 2.05) is 6.92 Å². The lowest BCUT2D eigenvalue weighted by molar-refractivity contribution is -0.140. The molecule has 322 valence electrons. The lowest BCUT2D eigenvalue weighted by atomic mass is 10.0. The number of carbonyl (C=O) groups excluding carboxylic acids is 5. The van der Waals surface area contributed by atoms with Gasteiger partial charge in [0.1, 0.15) is 0 Å². The fourth-order valence-electron chi connectivity index (χ4n) is 2.22. The zero-order chi connectivity index (χ0) is 45.5. The number of hydrogen-bond donors (Lipinski definition) is 2. The number of unbranched alkanes of at least 4 members (excludes halogenated alkanes) is 3. The van der Waals surface area contributed by atoms with E-state index < -0.39 is 17.9 Å². The number of rotatable bonds is 19. The smallest absolute Gasteiger partial charge is 0.333 e. The molecule has 0 aliphatic rings. The maximum atomic E-state index is 10.8. The summed E-state index contributed by atoms with van der Waals surface area (Å²) in [6.45, 7) is 37.4. The van der Waals surface area contributed by atoms with Gasteiger partial charge in [-0.15, -0.1) is 0 Å². The summed E-state index contributed by atoms with van der Waals surface area (Å²) < 4.78 is 22.9. The number of hydrogen-bond acceptors (Lipinski definition) is 12. The SMILES string of the molecule is C=C(C)C(=O)O.C=C(C)C(=O)OC.C=C(C)C(=O)OCCCC.C=CC(=O)O.C=CC(=O)OC.C=CC(=O)OCC(CC)CCCC.C=CC(=O)OCCCC. The van der Waals surface area contributed by atoms with Gasteiger partial charge in [-0.2, -0.15) is 0 Å². The molecule has 0 rings (SSSR count). The molecule has 0 amide bonds. The highest BCUT2D eigenvalue weighted by molar-refractivity contribution is 5.87. The second kappa shape index (κ2) is 51.6. The monoisotopic (exact) mass is 798 g/mol. The number of methoxy groups -OCH3 is 2. The molecular weight excluding hydrogens is 728 g/mol. The Balaban J connectivity index is -0.000000102. The Labute approximate surface area is 335 Å². The Morgan fingerprint density at radius 2 is 0.929 bits per heavy atom. The van der Waals surface area contributed by atoms with E-state index in [1.165, 1.54) is 46.1 Å². The van der Waals surface area contributed by atoms with Gasteiger partial charge in [0.05, 0.1) is 34.0 Å². The van der Waals surface area contributed by atoms with Crippen LogP contribution in [0.5, 0.6) is 0 Å². The highest BCUT2D eigenvalue weighted by Gasteiger charge is 2.07. The van der Waals surface area contributed by atoms with Crippen LogP contribution in [-0.4, -0.2) is 86.0 Å². The van der Waals surface area contributed by atoms with Crippen molar-refractivity contribution in [3.63, 3.8) is 0 Å². The van der Waals surface area contributed by atoms with E-state index in [9.17, 15) is 33.6 Å². The van der Waals surface area contributed by atoms with Crippen molar-refractivity contribution in [2.75, 3.05) is 34.0 Å². The van der Waals surface area contributed by atoms with Gasteiger partial charge in [-0.05, 0) is 46.0 Å². The summed E-state index contributed by atoms with van der Waals surface area (Å²) in [6, 6.07) is 0. The van der Waals surface area contributed by atoms with Crippen LogP contribution in [-0.2, 0) is 57.2 Å². The van der Waals surface area contributed by atoms with Crippen molar-refractivity contribution >= 4 is 41.8 Å². The zero-order valence-corrected chi connectivity index (χ0v) is 35.4. The first-order valence-electron chi connectivity index (χ1n) is 17.7. The van der Waals surface area contributed by atoms with Crippen molar-refractivity contribution in [1.29, 1.82) is 0 Å². The normalized spacial score (nSPS) is 8.88. The molecule has 0 spiro atoms. The number of aliphatic carboxylic acids is 2. The molecule has 56 heavy (non-hydrogen) atoms. The second-order valence-corrected chi connectivity index (χ2v) is 10.9. The third-order valence-corrected chi connectivity index (χ3v) is 5.60. The van der Waals surface area contributed by atoms with Gasteiger partial charge in [-0.3, -0.25) is 0 Å². The van der Waals surface area contributed by atoms with Crippen LogP contribution >= 0.6 is 0 Å². The molecule has 0 bridgehead atoms. The van der Waals surface area contributed by atoms with Crippen LogP contribution in [0.4, 0.5) is 0 Å². The fourth-order valence-corrected chi connectivity index (χ4v) is 2.22. The summed E-state index contributed by atoms with van der Waals surface area (Å²) in [6.07, 6.45) is 12.9. The number of carboxylic acids is 2. The van der Waals surface area contributed by atoms with Crippen LogP contribution in [0.2, 0.25) is 0 Å². The summed E-state index contributed by atoms with van der Waals surface area (Å²) >= 11 is 0. The third-order valence-electron chi connectivity index (χ3n) is 5.60. The summed E-state index contributed by atoms with van der Waals surface area (Å²) in [4.78, 5) is 70.7. The van der Waals surface area contributed by atoms with Crippen molar-refractivity contribution in [3.05, 3.63) is 87.1 Å². The molecule has 0 aromatic heterocycles. The van der Waals surface area contributed by atoms with Crippen molar-refractivity contribution in [3.8, 4) is 0 Å². The third kappa shape index (κ3) is 70.1. The molecule has 2 N–H and O–H groups in total. The Bertz CT molecular complexity index is 1170. The molecule has 0 radical (unpaired) electrons. The van der Waals surface area contributed by atoms with Gasteiger partial charge in [0.15, 0.2) is 0 Å².